The van der Waals surface area contributed by atoms with Crippen LogP contribution in [0.3, 0.4) is 0 Å². The highest BCUT2D eigenvalue weighted by Crippen LogP contribution is 2.39. The third kappa shape index (κ3) is 3.54. The number of fused-ring (bicyclic) bond motifs is 2. The second-order valence-electron chi connectivity index (χ2n) is 7.32. The number of nitrogens with one attached hydrogen (secondary N) is 1. The number of rotatable bonds is 5. The van der Waals surface area contributed by atoms with Gasteiger partial charge in [-0.1, -0.05) is 42.5 Å². The van der Waals surface area contributed by atoms with Gasteiger partial charge in [0.1, 0.15) is 0 Å². The molecule has 0 spiro atoms. The van der Waals surface area contributed by atoms with Gasteiger partial charge in [-0.15, -0.1) is 0 Å². The van der Waals surface area contributed by atoms with Crippen LogP contribution in [-0.4, -0.2) is 30.0 Å². The van der Waals surface area contributed by atoms with Crippen molar-refractivity contribution >= 4 is 11.7 Å². The Morgan fingerprint density at radius 1 is 1.04 bits per heavy atom. The molecule has 2 fully saturated rings. The predicted octanol–water partition coefficient (Wildman–Crippen LogP) is 2.37. The number of carboxylic acids is 1. The second kappa shape index (κ2) is 6.89. The topological polar surface area (TPSA) is 55.4 Å². The van der Waals surface area contributed by atoms with Crippen LogP contribution in [0.2, 0.25) is 0 Å². The highest BCUT2D eigenvalue weighted by atomic mass is 16.4. The predicted molar refractivity (Wildman–Crippen MR) is 96.1 cm³/mol. The summed E-state index contributed by atoms with van der Waals surface area (Å²) in [5, 5.41) is 14.7. The number of likely N-dealkylation sites (tertiary alicyclic amines) is 1. The summed E-state index contributed by atoms with van der Waals surface area (Å²) in [5.74, 6) is 0.118. The lowest BCUT2D eigenvalue weighted by atomic mass is 9.91. The zero-order valence-corrected chi connectivity index (χ0v) is 14.2. The van der Waals surface area contributed by atoms with E-state index in [2.05, 4.69) is 40.5 Å². The maximum atomic E-state index is 11.1. The first-order valence-electron chi connectivity index (χ1n) is 9.03. The van der Waals surface area contributed by atoms with Crippen molar-refractivity contribution in [3.63, 3.8) is 0 Å². The van der Waals surface area contributed by atoms with E-state index in [1.807, 2.05) is 6.07 Å². The van der Waals surface area contributed by atoms with Crippen LogP contribution >= 0.6 is 0 Å². The smallest absolute Gasteiger partial charge is 0.0716 e. The molecule has 0 aromatic heterocycles. The first kappa shape index (κ1) is 16.2. The number of hydrogen-bond acceptors (Lipinski definition) is 4. The third-order valence-electron chi connectivity index (χ3n) is 5.59. The van der Waals surface area contributed by atoms with Crippen molar-refractivity contribution in [3.05, 3.63) is 65.7 Å². The Labute approximate surface area is 148 Å². The zero-order valence-electron chi connectivity index (χ0n) is 14.2. The van der Waals surface area contributed by atoms with Gasteiger partial charge in [-0.2, -0.15) is 0 Å². The molecule has 2 aromatic carbocycles. The summed E-state index contributed by atoms with van der Waals surface area (Å²) in [4.78, 5) is 13.6. The summed E-state index contributed by atoms with van der Waals surface area (Å²) in [5.41, 5.74) is 2.49. The fourth-order valence-corrected chi connectivity index (χ4v) is 4.45. The molecule has 2 aliphatic rings. The number of benzene rings is 2. The molecule has 1 heterocycles. The van der Waals surface area contributed by atoms with Crippen LogP contribution in [0.15, 0.2) is 54.6 Å². The molecule has 25 heavy (non-hydrogen) atoms. The first-order chi connectivity index (χ1) is 12.2. The standard InChI is InChI=1S/C21H24N2O2/c24-21(25)16-7-4-8-19(11-16)22-20-17-9-10-18(20)14-23(13-17)12-15-5-2-1-3-6-15/h1-8,11,17-18,20,22H,9-10,12-14H2,(H,24,25)/p-1. The average Bonchev–Trinajstić information content (AvgIpc) is 2.85. The van der Waals surface area contributed by atoms with Crippen molar-refractivity contribution in [1.82, 2.24) is 4.90 Å². The molecule has 4 nitrogen and oxygen atoms in total. The van der Waals surface area contributed by atoms with E-state index >= 15 is 0 Å². The van der Waals surface area contributed by atoms with Gasteiger partial charge < -0.3 is 15.2 Å². The molecular weight excluding hydrogens is 312 g/mol. The van der Waals surface area contributed by atoms with E-state index in [0.717, 1.165) is 25.3 Å². The Hall–Kier alpha value is -2.33. The number of carboxylic acid groups (broad SMARTS) is 1. The summed E-state index contributed by atoms with van der Waals surface area (Å²) in [6.45, 7) is 3.22. The molecular formula is C21H23N2O2-. The molecule has 0 radical (unpaired) electrons. The molecule has 0 amide bonds. The van der Waals surface area contributed by atoms with Crippen LogP contribution < -0.4 is 10.4 Å². The number of nitrogens with zero attached hydrogens (tertiary/aromatic N) is 1. The van der Waals surface area contributed by atoms with Gasteiger partial charge in [-0.25, -0.2) is 0 Å². The SMILES string of the molecule is O=C([O-])c1cccc(NC2C3CCC2CN(Cc2ccccc2)C3)c1. The Bertz CT molecular complexity index is 733. The summed E-state index contributed by atoms with van der Waals surface area (Å²) >= 11 is 0. The molecule has 1 aliphatic heterocycles. The first-order valence-corrected chi connectivity index (χ1v) is 9.03. The molecule has 1 aliphatic carbocycles. The Morgan fingerprint density at radius 3 is 2.44 bits per heavy atom. The van der Waals surface area contributed by atoms with Crippen molar-refractivity contribution in [2.24, 2.45) is 11.8 Å². The molecule has 2 bridgehead atoms. The van der Waals surface area contributed by atoms with Crippen LogP contribution in [0.5, 0.6) is 0 Å². The highest BCUT2D eigenvalue weighted by Gasteiger charge is 2.41. The lowest BCUT2D eigenvalue weighted by Gasteiger charge is -2.39. The van der Waals surface area contributed by atoms with Crippen molar-refractivity contribution in [2.45, 2.75) is 25.4 Å². The lowest BCUT2D eigenvalue weighted by Crippen LogP contribution is -2.47. The van der Waals surface area contributed by atoms with Gasteiger partial charge in [0.25, 0.3) is 0 Å². The fourth-order valence-electron chi connectivity index (χ4n) is 4.45. The van der Waals surface area contributed by atoms with Crippen LogP contribution in [0, 0.1) is 11.8 Å². The Balaban J connectivity index is 1.42. The quantitative estimate of drug-likeness (QED) is 0.911. The molecule has 1 saturated heterocycles. The summed E-state index contributed by atoms with van der Waals surface area (Å²) < 4.78 is 0. The van der Waals surface area contributed by atoms with Gasteiger partial charge in [0.2, 0.25) is 0 Å². The zero-order chi connectivity index (χ0) is 17.2. The average molecular weight is 335 g/mol. The molecule has 1 N–H and O–H groups in total. The normalized spacial score (nSPS) is 25.7. The molecule has 2 unspecified atom stereocenters. The van der Waals surface area contributed by atoms with Gasteiger partial charge >= 0.3 is 0 Å². The lowest BCUT2D eigenvalue weighted by molar-refractivity contribution is -0.255. The van der Waals surface area contributed by atoms with E-state index in [1.165, 1.54) is 18.4 Å². The summed E-state index contributed by atoms with van der Waals surface area (Å²) in [6.07, 6.45) is 2.49. The van der Waals surface area contributed by atoms with Crippen molar-refractivity contribution in [2.75, 3.05) is 18.4 Å². The van der Waals surface area contributed by atoms with Gasteiger partial charge in [0.05, 0.1) is 5.97 Å². The molecule has 2 aromatic rings. The summed E-state index contributed by atoms with van der Waals surface area (Å²) in [6, 6.07) is 18.1. The van der Waals surface area contributed by atoms with Crippen molar-refractivity contribution in [1.29, 1.82) is 0 Å². The maximum Gasteiger partial charge on any atom is 0.0716 e. The minimum atomic E-state index is -1.12. The van der Waals surface area contributed by atoms with E-state index in [-0.39, 0.29) is 5.56 Å². The Morgan fingerprint density at radius 2 is 1.76 bits per heavy atom. The summed E-state index contributed by atoms with van der Waals surface area (Å²) in [7, 11) is 0. The molecule has 1 saturated carbocycles. The van der Waals surface area contributed by atoms with Crippen LogP contribution in [0.25, 0.3) is 0 Å². The molecule has 4 rings (SSSR count). The van der Waals surface area contributed by atoms with Crippen LogP contribution in [0.4, 0.5) is 5.69 Å². The maximum absolute atomic E-state index is 11.1. The largest absolute Gasteiger partial charge is 0.545 e. The third-order valence-corrected chi connectivity index (χ3v) is 5.59. The Kier molecular flexibility index (Phi) is 4.45. The highest BCUT2D eigenvalue weighted by molar-refractivity contribution is 5.87. The van der Waals surface area contributed by atoms with Gasteiger partial charge in [-0.05, 0) is 47.9 Å². The van der Waals surface area contributed by atoms with E-state index in [4.69, 9.17) is 0 Å². The van der Waals surface area contributed by atoms with E-state index in [1.54, 1.807) is 18.2 Å². The number of anilines is 1. The van der Waals surface area contributed by atoms with Gasteiger partial charge in [-0.3, -0.25) is 4.90 Å². The number of hydrogen-bond donors (Lipinski definition) is 1. The molecule has 130 valence electrons. The monoisotopic (exact) mass is 335 g/mol. The molecule has 2 atom stereocenters. The van der Waals surface area contributed by atoms with Crippen molar-refractivity contribution < 1.29 is 9.90 Å². The van der Waals surface area contributed by atoms with Crippen LogP contribution in [-0.2, 0) is 6.54 Å². The van der Waals surface area contributed by atoms with E-state index < -0.39 is 5.97 Å². The number of piperidine rings is 1. The van der Waals surface area contributed by atoms with E-state index in [0.29, 0.717) is 17.9 Å². The number of carbonyl (C=O) groups excluding carboxylic acids is 1. The van der Waals surface area contributed by atoms with Gasteiger partial charge in [0, 0.05) is 31.4 Å². The van der Waals surface area contributed by atoms with Crippen LogP contribution in [0.1, 0.15) is 28.8 Å². The van der Waals surface area contributed by atoms with Crippen molar-refractivity contribution in [3.8, 4) is 0 Å². The second-order valence-corrected chi connectivity index (χ2v) is 7.32. The minimum Gasteiger partial charge on any atom is -0.545 e. The van der Waals surface area contributed by atoms with E-state index in [9.17, 15) is 9.90 Å². The number of aromatic carboxylic acids is 1. The number of carbonyl (C=O) groups is 1. The fraction of sp³-hybridized carbons (Fsp3) is 0.381. The van der Waals surface area contributed by atoms with Gasteiger partial charge in [0.15, 0.2) is 0 Å². The molecule has 4 heteroatoms. The minimum absolute atomic E-state index is 0.235.